The lowest BCUT2D eigenvalue weighted by molar-refractivity contribution is -0.118. The molecule has 0 spiro atoms. The summed E-state index contributed by atoms with van der Waals surface area (Å²) in [5.74, 6) is 1.15. The number of carbonyl (C=O) groups excluding carboxylic acids is 1. The molecule has 29 heavy (non-hydrogen) atoms. The molecule has 0 atom stereocenters. The highest BCUT2D eigenvalue weighted by Crippen LogP contribution is 2.40. The summed E-state index contributed by atoms with van der Waals surface area (Å²) in [5.41, 5.74) is 3.21. The quantitative estimate of drug-likeness (QED) is 0.577. The number of benzene rings is 1. The molecule has 1 N–H and O–H groups in total. The summed E-state index contributed by atoms with van der Waals surface area (Å²) >= 11 is 1.44. The number of anilines is 1. The highest BCUT2D eigenvalue weighted by Gasteiger charge is 2.30. The van der Waals surface area contributed by atoms with Gasteiger partial charge in [0.15, 0.2) is 11.0 Å². The Bertz CT molecular complexity index is 967. The molecule has 1 fully saturated rings. The van der Waals surface area contributed by atoms with E-state index in [1.165, 1.54) is 11.8 Å². The molecule has 1 saturated carbocycles. The molecule has 2 aromatic heterocycles. The van der Waals surface area contributed by atoms with E-state index < -0.39 is 0 Å². The van der Waals surface area contributed by atoms with Crippen LogP contribution >= 0.6 is 11.8 Å². The van der Waals surface area contributed by atoms with Gasteiger partial charge < -0.3 is 10.2 Å². The molecule has 150 valence electrons. The SMILES string of the molecule is CN(C)c1ccc(CNC(=O)CSc2nnc(-c3ccncc3)n2C2CC2)cc1. The van der Waals surface area contributed by atoms with Gasteiger partial charge in [-0.15, -0.1) is 10.2 Å². The fourth-order valence-electron chi connectivity index (χ4n) is 3.03. The van der Waals surface area contributed by atoms with Crippen molar-refractivity contribution in [3.05, 3.63) is 54.4 Å². The molecule has 0 radical (unpaired) electrons. The number of amides is 1. The Labute approximate surface area is 174 Å². The first-order chi connectivity index (χ1) is 14.1. The maximum Gasteiger partial charge on any atom is 0.230 e. The van der Waals surface area contributed by atoms with Crippen LogP contribution in [0.5, 0.6) is 0 Å². The van der Waals surface area contributed by atoms with Gasteiger partial charge in [-0.25, -0.2) is 0 Å². The van der Waals surface area contributed by atoms with E-state index in [2.05, 4.69) is 42.1 Å². The molecule has 4 rings (SSSR count). The van der Waals surface area contributed by atoms with Crippen molar-refractivity contribution >= 4 is 23.4 Å². The average Bonchev–Trinajstić information content (AvgIpc) is 3.50. The van der Waals surface area contributed by atoms with Gasteiger partial charge in [0, 0.05) is 50.3 Å². The van der Waals surface area contributed by atoms with E-state index in [9.17, 15) is 4.79 Å². The molecule has 0 aliphatic heterocycles. The molecule has 0 saturated heterocycles. The second-order valence-corrected chi connectivity index (χ2v) is 8.21. The van der Waals surface area contributed by atoms with Crippen molar-refractivity contribution in [3.8, 4) is 11.4 Å². The van der Waals surface area contributed by atoms with Crippen LogP contribution in [0.15, 0.2) is 53.9 Å². The predicted octanol–water partition coefficient (Wildman–Crippen LogP) is 3.15. The molecule has 8 heteroatoms. The number of rotatable bonds is 8. The monoisotopic (exact) mass is 408 g/mol. The van der Waals surface area contributed by atoms with E-state index in [-0.39, 0.29) is 5.91 Å². The Morgan fingerprint density at radius 2 is 1.86 bits per heavy atom. The zero-order valence-electron chi connectivity index (χ0n) is 16.6. The van der Waals surface area contributed by atoms with Crippen LogP contribution in [0.1, 0.15) is 24.4 Å². The van der Waals surface area contributed by atoms with Crippen LogP contribution in [-0.4, -0.2) is 45.5 Å². The number of nitrogens with one attached hydrogen (secondary N) is 1. The molecule has 0 bridgehead atoms. The highest BCUT2D eigenvalue weighted by atomic mass is 32.2. The van der Waals surface area contributed by atoms with Gasteiger partial charge in [0.05, 0.1) is 5.75 Å². The average molecular weight is 409 g/mol. The number of hydrogen-bond donors (Lipinski definition) is 1. The summed E-state index contributed by atoms with van der Waals surface area (Å²) in [7, 11) is 4.02. The second kappa shape index (κ2) is 8.65. The van der Waals surface area contributed by atoms with Crippen LogP contribution in [0.3, 0.4) is 0 Å². The van der Waals surface area contributed by atoms with Crippen molar-refractivity contribution in [1.29, 1.82) is 0 Å². The molecular weight excluding hydrogens is 384 g/mol. The van der Waals surface area contributed by atoms with Crippen LogP contribution < -0.4 is 10.2 Å². The van der Waals surface area contributed by atoms with E-state index in [0.717, 1.165) is 40.6 Å². The molecule has 7 nitrogen and oxygen atoms in total. The fourth-order valence-corrected chi connectivity index (χ4v) is 3.86. The lowest BCUT2D eigenvalue weighted by Gasteiger charge is -2.13. The summed E-state index contributed by atoms with van der Waals surface area (Å²) in [4.78, 5) is 18.5. The van der Waals surface area contributed by atoms with Crippen LogP contribution in [0.25, 0.3) is 11.4 Å². The molecule has 0 unspecified atom stereocenters. The smallest absolute Gasteiger partial charge is 0.230 e. The van der Waals surface area contributed by atoms with E-state index in [0.29, 0.717) is 18.3 Å². The van der Waals surface area contributed by atoms with Gasteiger partial charge in [-0.2, -0.15) is 0 Å². The standard InChI is InChI=1S/C21H24N6OS/c1-26(2)17-5-3-15(4-6-17)13-23-19(28)14-29-21-25-24-20(27(21)18-7-8-18)16-9-11-22-12-10-16/h3-6,9-12,18H,7-8,13-14H2,1-2H3,(H,23,28). The van der Waals surface area contributed by atoms with Crippen molar-refractivity contribution in [2.45, 2.75) is 30.6 Å². The van der Waals surface area contributed by atoms with Gasteiger partial charge >= 0.3 is 0 Å². The van der Waals surface area contributed by atoms with Crippen LogP contribution in [-0.2, 0) is 11.3 Å². The van der Waals surface area contributed by atoms with Gasteiger partial charge in [-0.05, 0) is 42.7 Å². The van der Waals surface area contributed by atoms with E-state index >= 15 is 0 Å². The summed E-state index contributed by atoms with van der Waals surface area (Å²) in [6.45, 7) is 0.519. The predicted molar refractivity (Wildman–Crippen MR) is 115 cm³/mol. The molecule has 1 aromatic carbocycles. The summed E-state index contributed by atoms with van der Waals surface area (Å²) in [6.07, 6.45) is 5.76. The van der Waals surface area contributed by atoms with Crippen molar-refractivity contribution in [2.24, 2.45) is 0 Å². The zero-order chi connectivity index (χ0) is 20.2. The van der Waals surface area contributed by atoms with Gasteiger partial charge in [0.2, 0.25) is 5.91 Å². The third kappa shape index (κ3) is 4.76. The lowest BCUT2D eigenvalue weighted by Crippen LogP contribution is -2.24. The topological polar surface area (TPSA) is 75.9 Å². The van der Waals surface area contributed by atoms with Crippen LogP contribution in [0.2, 0.25) is 0 Å². The van der Waals surface area contributed by atoms with Crippen molar-refractivity contribution in [2.75, 3.05) is 24.7 Å². The second-order valence-electron chi connectivity index (χ2n) is 7.27. The van der Waals surface area contributed by atoms with Gasteiger partial charge in [-0.1, -0.05) is 23.9 Å². The molecule has 3 aromatic rings. The van der Waals surface area contributed by atoms with E-state index in [1.807, 2.05) is 38.4 Å². The van der Waals surface area contributed by atoms with E-state index in [1.54, 1.807) is 12.4 Å². The maximum atomic E-state index is 12.3. The van der Waals surface area contributed by atoms with Crippen LogP contribution in [0.4, 0.5) is 5.69 Å². The minimum absolute atomic E-state index is 0.0116. The molecule has 1 amide bonds. The first-order valence-corrected chi connectivity index (χ1v) is 10.6. The van der Waals surface area contributed by atoms with E-state index in [4.69, 9.17) is 0 Å². The first-order valence-electron chi connectivity index (χ1n) is 9.63. The van der Waals surface area contributed by atoms with Crippen molar-refractivity contribution in [1.82, 2.24) is 25.1 Å². The number of carbonyl (C=O) groups is 1. The lowest BCUT2D eigenvalue weighted by atomic mass is 10.2. The highest BCUT2D eigenvalue weighted by molar-refractivity contribution is 7.99. The molecule has 2 heterocycles. The number of hydrogen-bond acceptors (Lipinski definition) is 6. The Kier molecular flexibility index (Phi) is 5.80. The minimum Gasteiger partial charge on any atom is -0.378 e. The van der Waals surface area contributed by atoms with Crippen molar-refractivity contribution < 1.29 is 4.79 Å². The number of thioether (sulfide) groups is 1. The summed E-state index contributed by atoms with van der Waals surface area (Å²) < 4.78 is 2.16. The third-order valence-electron chi connectivity index (χ3n) is 4.79. The first kappa shape index (κ1) is 19.4. The maximum absolute atomic E-state index is 12.3. The fraction of sp³-hybridized carbons (Fsp3) is 0.333. The normalized spacial score (nSPS) is 13.3. The van der Waals surface area contributed by atoms with Gasteiger partial charge in [0.1, 0.15) is 0 Å². The molecule has 1 aliphatic carbocycles. The van der Waals surface area contributed by atoms with Gasteiger partial charge in [-0.3, -0.25) is 14.3 Å². The Hall–Kier alpha value is -2.87. The Balaban J connectivity index is 1.35. The van der Waals surface area contributed by atoms with Crippen molar-refractivity contribution in [3.63, 3.8) is 0 Å². The Morgan fingerprint density at radius 1 is 1.14 bits per heavy atom. The van der Waals surface area contributed by atoms with Gasteiger partial charge in [0.25, 0.3) is 0 Å². The number of aromatic nitrogens is 4. The Morgan fingerprint density at radius 3 is 2.52 bits per heavy atom. The number of pyridine rings is 1. The molecule has 1 aliphatic rings. The zero-order valence-corrected chi connectivity index (χ0v) is 17.4. The largest absolute Gasteiger partial charge is 0.378 e. The summed E-state index contributed by atoms with van der Waals surface area (Å²) in [5, 5.41) is 12.5. The minimum atomic E-state index is -0.0116. The third-order valence-corrected chi connectivity index (χ3v) is 5.73. The van der Waals surface area contributed by atoms with Crippen LogP contribution in [0, 0.1) is 0 Å². The molecular formula is C21H24N6OS. The number of nitrogens with zero attached hydrogens (tertiary/aromatic N) is 5. The summed E-state index contributed by atoms with van der Waals surface area (Å²) in [6, 6.07) is 12.5.